The standard InChI is InChI=1S/C28H37F2NO2/c1-27(33)9-7-17-15(13-27)3-5-19-18(17)8-10-28(2)25(19)20-12-21(20)26(28)24(32)14-31-23-6-4-16(29)11-22(23)30/h4,6,11,15,17-21,25-26,31,33H,3,5,7-10,12-14H2,1-2H3/t15-,17+,18-,19-,20-,21+,25-,26-,27-,28+/m1/s1. The van der Waals surface area contributed by atoms with Crippen LogP contribution in [0.15, 0.2) is 18.2 Å². The molecule has 33 heavy (non-hydrogen) atoms. The normalized spacial score (nSPS) is 47.7. The van der Waals surface area contributed by atoms with E-state index >= 15 is 0 Å². The number of rotatable bonds is 4. The van der Waals surface area contributed by atoms with Crippen molar-refractivity contribution in [3.63, 3.8) is 0 Å². The highest BCUT2D eigenvalue weighted by Crippen LogP contribution is 2.74. The number of nitrogens with one attached hydrogen (secondary N) is 1. The summed E-state index contributed by atoms with van der Waals surface area (Å²) in [5, 5.41) is 13.6. The Morgan fingerprint density at radius 3 is 2.61 bits per heavy atom. The van der Waals surface area contributed by atoms with E-state index in [2.05, 4.69) is 12.2 Å². The van der Waals surface area contributed by atoms with E-state index in [-0.39, 0.29) is 29.3 Å². The Morgan fingerprint density at radius 2 is 1.82 bits per heavy atom. The fourth-order valence-corrected chi connectivity index (χ4v) is 9.58. The molecule has 0 spiro atoms. The number of anilines is 1. The fourth-order valence-electron chi connectivity index (χ4n) is 9.58. The van der Waals surface area contributed by atoms with Gasteiger partial charge in [-0.25, -0.2) is 8.78 Å². The summed E-state index contributed by atoms with van der Waals surface area (Å²) in [5.74, 6) is 3.75. The zero-order chi connectivity index (χ0) is 23.1. The molecule has 5 saturated carbocycles. The number of halogens is 2. The minimum absolute atomic E-state index is 0.0574. The van der Waals surface area contributed by atoms with Gasteiger partial charge >= 0.3 is 0 Å². The molecule has 0 unspecified atom stereocenters. The van der Waals surface area contributed by atoms with Crippen LogP contribution < -0.4 is 5.32 Å². The predicted octanol–water partition coefficient (Wildman–Crippen LogP) is 5.82. The first-order chi connectivity index (χ1) is 15.7. The summed E-state index contributed by atoms with van der Waals surface area (Å²) in [7, 11) is 0. The monoisotopic (exact) mass is 457 g/mol. The third kappa shape index (κ3) is 3.47. The number of Topliss-reactive ketones (excluding diaryl/α,β-unsaturated/α-hetero) is 1. The quantitative estimate of drug-likeness (QED) is 0.599. The van der Waals surface area contributed by atoms with Crippen LogP contribution in [0.3, 0.4) is 0 Å². The molecule has 10 atom stereocenters. The van der Waals surface area contributed by atoms with E-state index in [0.29, 0.717) is 23.7 Å². The average molecular weight is 458 g/mol. The average Bonchev–Trinajstić information content (AvgIpc) is 3.45. The molecule has 6 rings (SSSR count). The number of aliphatic hydroxyl groups is 1. The number of hydrogen-bond acceptors (Lipinski definition) is 3. The molecule has 180 valence electrons. The first-order valence-corrected chi connectivity index (χ1v) is 13.1. The Morgan fingerprint density at radius 1 is 1.03 bits per heavy atom. The van der Waals surface area contributed by atoms with Gasteiger partial charge in [0.15, 0.2) is 5.78 Å². The van der Waals surface area contributed by atoms with Crippen molar-refractivity contribution >= 4 is 11.5 Å². The highest BCUT2D eigenvalue weighted by Gasteiger charge is 2.70. The van der Waals surface area contributed by atoms with Crippen molar-refractivity contribution in [2.45, 2.75) is 70.8 Å². The molecule has 5 fully saturated rings. The molecule has 3 nitrogen and oxygen atoms in total. The molecule has 5 aliphatic rings. The molecule has 5 aliphatic carbocycles. The Labute approximate surface area is 195 Å². The van der Waals surface area contributed by atoms with Gasteiger partial charge < -0.3 is 10.4 Å². The van der Waals surface area contributed by atoms with Crippen LogP contribution >= 0.6 is 0 Å². The first kappa shape index (κ1) is 22.0. The first-order valence-electron chi connectivity index (χ1n) is 13.1. The number of fused-ring (bicyclic) bond motifs is 7. The van der Waals surface area contributed by atoms with Crippen LogP contribution in [0.1, 0.15) is 65.2 Å². The van der Waals surface area contributed by atoms with E-state index in [9.17, 15) is 18.7 Å². The number of carbonyl (C=O) groups is 1. The number of carbonyl (C=O) groups excluding carboxylic acids is 1. The van der Waals surface area contributed by atoms with Crippen molar-refractivity contribution in [3.8, 4) is 0 Å². The van der Waals surface area contributed by atoms with Crippen LogP contribution in [0.25, 0.3) is 0 Å². The molecule has 1 aromatic carbocycles. The number of hydrogen-bond donors (Lipinski definition) is 2. The molecule has 5 heteroatoms. The summed E-state index contributed by atoms with van der Waals surface area (Å²) in [6.45, 7) is 4.51. The zero-order valence-electron chi connectivity index (χ0n) is 19.8. The highest BCUT2D eigenvalue weighted by molar-refractivity contribution is 5.87. The zero-order valence-corrected chi connectivity index (χ0v) is 19.8. The molecular weight excluding hydrogens is 420 g/mol. The van der Waals surface area contributed by atoms with E-state index in [1.54, 1.807) is 0 Å². The lowest BCUT2D eigenvalue weighted by molar-refractivity contribution is -0.134. The Kier molecular flexibility index (Phi) is 5.00. The van der Waals surface area contributed by atoms with Gasteiger partial charge in [0, 0.05) is 12.0 Å². The molecule has 0 aromatic heterocycles. The van der Waals surface area contributed by atoms with Gasteiger partial charge in [-0.2, -0.15) is 0 Å². The summed E-state index contributed by atoms with van der Waals surface area (Å²) in [4.78, 5) is 13.5. The van der Waals surface area contributed by atoms with Crippen LogP contribution in [-0.2, 0) is 4.79 Å². The summed E-state index contributed by atoms with van der Waals surface area (Å²) in [6.07, 6.45) is 9.04. The van der Waals surface area contributed by atoms with Gasteiger partial charge in [-0.05, 0) is 117 Å². The third-order valence-electron chi connectivity index (χ3n) is 10.8. The molecule has 2 N–H and O–H groups in total. The van der Waals surface area contributed by atoms with E-state index < -0.39 is 17.2 Å². The fraction of sp³-hybridized carbons (Fsp3) is 0.750. The van der Waals surface area contributed by atoms with Crippen molar-refractivity contribution in [1.29, 1.82) is 0 Å². The van der Waals surface area contributed by atoms with E-state index in [1.807, 2.05) is 6.92 Å². The second-order valence-electron chi connectivity index (χ2n) is 12.6. The van der Waals surface area contributed by atoms with Gasteiger partial charge in [0.25, 0.3) is 0 Å². The summed E-state index contributed by atoms with van der Waals surface area (Å²) in [6, 6.07) is 3.46. The molecule has 0 heterocycles. The van der Waals surface area contributed by atoms with Crippen molar-refractivity contribution in [1.82, 2.24) is 0 Å². The minimum Gasteiger partial charge on any atom is -0.390 e. The van der Waals surface area contributed by atoms with E-state index in [1.165, 1.54) is 37.8 Å². The Hall–Kier alpha value is -1.49. The topological polar surface area (TPSA) is 49.3 Å². The lowest BCUT2D eigenvalue weighted by Gasteiger charge is -2.57. The van der Waals surface area contributed by atoms with Crippen LogP contribution in [0.4, 0.5) is 14.5 Å². The maximum atomic E-state index is 14.0. The maximum absolute atomic E-state index is 14.0. The molecule has 0 saturated heterocycles. The van der Waals surface area contributed by atoms with Gasteiger partial charge in [-0.15, -0.1) is 0 Å². The Bertz CT molecular complexity index is 963. The summed E-state index contributed by atoms with van der Waals surface area (Å²) in [5.41, 5.74) is -0.227. The lowest BCUT2D eigenvalue weighted by atomic mass is 9.48. The van der Waals surface area contributed by atoms with Gasteiger partial charge in [0.1, 0.15) is 11.6 Å². The lowest BCUT2D eigenvalue weighted by Crippen LogP contribution is -2.52. The smallest absolute Gasteiger partial charge is 0.155 e. The maximum Gasteiger partial charge on any atom is 0.155 e. The molecule has 0 aliphatic heterocycles. The van der Waals surface area contributed by atoms with Crippen LogP contribution in [-0.4, -0.2) is 23.0 Å². The van der Waals surface area contributed by atoms with E-state index in [4.69, 9.17) is 0 Å². The van der Waals surface area contributed by atoms with Gasteiger partial charge in [-0.1, -0.05) is 6.92 Å². The van der Waals surface area contributed by atoms with Crippen molar-refractivity contribution in [3.05, 3.63) is 29.8 Å². The summed E-state index contributed by atoms with van der Waals surface area (Å²) < 4.78 is 27.3. The van der Waals surface area contributed by atoms with Gasteiger partial charge in [0.05, 0.1) is 17.8 Å². The summed E-state index contributed by atoms with van der Waals surface area (Å²) >= 11 is 0. The largest absolute Gasteiger partial charge is 0.390 e. The molecule has 0 bridgehead atoms. The minimum atomic E-state index is -0.647. The van der Waals surface area contributed by atoms with Crippen molar-refractivity contribution < 1.29 is 18.7 Å². The number of benzene rings is 1. The Balaban J connectivity index is 1.18. The second kappa shape index (κ2) is 7.50. The number of ketones is 1. The van der Waals surface area contributed by atoms with Crippen molar-refractivity contribution in [2.75, 3.05) is 11.9 Å². The van der Waals surface area contributed by atoms with Crippen LogP contribution in [0.5, 0.6) is 0 Å². The molecular formula is C28H37F2NO2. The second-order valence-corrected chi connectivity index (χ2v) is 12.6. The van der Waals surface area contributed by atoms with Crippen LogP contribution in [0, 0.1) is 64.4 Å². The van der Waals surface area contributed by atoms with Crippen LogP contribution in [0.2, 0.25) is 0 Å². The molecule has 1 aromatic rings. The van der Waals surface area contributed by atoms with Gasteiger partial charge in [0.2, 0.25) is 0 Å². The predicted molar refractivity (Wildman–Crippen MR) is 123 cm³/mol. The van der Waals surface area contributed by atoms with E-state index in [0.717, 1.165) is 49.5 Å². The highest BCUT2D eigenvalue weighted by atomic mass is 19.1. The SMILES string of the molecule is C[C@@]1(O)CC[C@H]2[C@H](CC[C@@H]3[C@@H]2CC[C@@]2(C)[C@H]3[C@@H]3C[C@@H]3[C@@H]2C(=O)CNc2ccc(F)cc2F)C1. The molecule has 0 radical (unpaired) electrons. The van der Waals surface area contributed by atoms with Gasteiger partial charge in [-0.3, -0.25) is 4.79 Å². The molecule has 0 amide bonds. The van der Waals surface area contributed by atoms with Crippen molar-refractivity contribution in [2.24, 2.45) is 52.8 Å². The third-order valence-corrected chi connectivity index (χ3v) is 10.8.